The Morgan fingerprint density at radius 3 is 2.50 bits per heavy atom. The van der Waals surface area contributed by atoms with Crippen LogP contribution in [0.3, 0.4) is 0 Å². The molecule has 0 aromatic heterocycles. The fraction of sp³-hybridized carbons (Fsp3) is 0.312. The van der Waals surface area contributed by atoms with Gasteiger partial charge in [-0.3, -0.25) is 0 Å². The standard InChI is InChI=1S/C16H18BrNO2/c1-16(2,3)20-15(19)18-10-11-6-4-8-13-12(11)7-5-9-14(13)17/h4-9H,10H2,1-3H3,(H,18,19). The SMILES string of the molecule is CC(C)(C)OC(=O)NCc1cccc2c(Br)cccc12. The predicted molar refractivity (Wildman–Crippen MR) is 84.7 cm³/mol. The molecule has 0 aliphatic carbocycles. The van der Waals surface area contributed by atoms with Gasteiger partial charge in [-0.05, 0) is 43.2 Å². The molecule has 106 valence electrons. The Hall–Kier alpha value is -1.55. The summed E-state index contributed by atoms with van der Waals surface area (Å²) in [5, 5.41) is 5.05. The molecule has 0 saturated heterocycles. The van der Waals surface area contributed by atoms with Crippen molar-refractivity contribution in [3.63, 3.8) is 0 Å². The summed E-state index contributed by atoms with van der Waals surface area (Å²) >= 11 is 3.54. The van der Waals surface area contributed by atoms with E-state index in [2.05, 4.69) is 27.3 Å². The average molecular weight is 336 g/mol. The molecule has 1 N–H and O–H groups in total. The first kappa shape index (κ1) is 14.9. The Bertz CT molecular complexity index is 632. The molecule has 2 aromatic rings. The second-order valence-electron chi connectivity index (χ2n) is 5.61. The first-order chi connectivity index (χ1) is 9.37. The summed E-state index contributed by atoms with van der Waals surface area (Å²) in [6.07, 6.45) is -0.399. The molecular weight excluding hydrogens is 318 g/mol. The maximum absolute atomic E-state index is 11.7. The van der Waals surface area contributed by atoms with Crippen molar-refractivity contribution in [2.24, 2.45) is 0 Å². The fourth-order valence-corrected chi connectivity index (χ4v) is 2.47. The Balaban J connectivity index is 2.15. The van der Waals surface area contributed by atoms with E-state index in [-0.39, 0.29) is 0 Å². The van der Waals surface area contributed by atoms with Crippen molar-refractivity contribution in [1.82, 2.24) is 5.32 Å². The number of nitrogens with one attached hydrogen (secondary N) is 1. The highest BCUT2D eigenvalue weighted by Gasteiger charge is 2.15. The van der Waals surface area contributed by atoms with Crippen molar-refractivity contribution >= 4 is 32.8 Å². The molecule has 2 aromatic carbocycles. The molecule has 0 saturated carbocycles. The highest BCUT2D eigenvalue weighted by atomic mass is 79.9. The molecule has 0 atom stereocenters. The summed E-state index contributed by atoms with van der Waals surface area (Å²) in [5.74, 6) is 0. The molecule has 0 heterocycles. The van der Waals surface area contributed by atoms with E-state index in [0.717, 1.165) is 20.8 Å². The van der Waals surface area contributed by atoms with Gasteiger partial charge in [0.15, 0.2) is 0 Å². The molecule has 0 unspecified atom stereocenters. The Kier molecular flexibility index (Phi) is 4.33. The molecule has 2 rings (SSSR count). The van der Waals surface area contributed by atoms with Gasteiger partial charge in [-0.15, -0.1) is 0 Å². The zero-order valence-corrected chi connectivity index (χ0v) is 13.5. The van der Waals surface area contributed by atoms with Crippen LogP contribution in [-0.2, 0) is 11.3 Å². The third kappa shape index (κ3) is 3.73. The molecule has 4 heteroatoms. The molecule has 0 radical (unpaired) electrons. The van der Waals surface area contributed by atoms with Crippen molar-refractivity contribution in [3.8, 4) is 0 Å². The molecule has 20 heavy (non-hydrogen) atoms. The zero-order chi connectivity index (χ0) is 14.8. The van der Waals surface area contributed by atoms with Crippen LogP contribution in [0.15, 0.2) is 40.9 Å². The van der Waals surface area contributed by atoms with Crippen molar-refractivity contribution < 1.29 is 9.53 Å². The van der Waals surface area contributed by atoms with Crippen LogP contribution in [0.25, 0.3) is 10.8 Å². The number of fused-ring (bicyclic) bond motifs is 1. The van der Waals surface area contributed by atoms with Crippen molar-refractivity contribution in [1.29, 1.82) is 0 Å². The summed E-state index contributed by atoms with van der Waals surface area (Å²) in [5.41, 5.74) is 0.584. The molecule has 0 aliphatic heterocycles. The summed E-state index contributed by atoms with van der Waals surface area (Å²) in [4.78, 5) is 11.7. The summed E-state index contributed by atoms with van der Waals surface area (Å²) < 4.78 is 6.29. The minimum atomic E-state index is -0.480. The number of halogens is 1. The molecule has 0 aliphatic rings. The van der Waals surface area contributed by atoms with Gasteiger partial charge < -0.3 is 10.1 Å². The minimum Gasteiger partial charge on any atom is -0.444 e. The monoisotopic (exact) mass is 335 g/mol. The lowest BCUT2D eigenvalue weighted by Crippen LogP contribution is -2.32. The van der Waals surface area contributed by atoms with Gasteiger partial charge >= 0.3 is 6.09 Å². The number of benzene rings is 2. The quantitative estimate of drug-likeness (QED) is 0.868. The second-order valence-corrected chi connectivity index (χ2v) is 6.46. The zero-order valence-electron chi connectivity index (χ0n) is 11.9. The molecule has 3 nitrogen and oxygen atoms in total. The number of amides is 1. The highest BCUT2D eigenvalue weighted by Crippen LogP contribution is 2.26. The Morgan fingerprint density at radius 2 is 1.80 bits per heavy atom. The van der Waals surface area contributed by atoms with E-state index in [1.165, 1.54) is 0 Å². The molecule has 0 fully saturated rings. The number of alkyl carbamates (subject to hydrolysis) is 1. The van der Waals surface area contributed by atoms with Crippen LogP contribution in [0, 0.1) is 0 Å². The van der Waals surface area contributed by atoms with Crippen LogP contribution in [0.4, 0.5) is 4.79 Å². The van der Waals surface area contributed by atoms with E-state index in [1.54, 1.807) is 0 Å². The van der Waals surface area contributed by atoms with Gasteiger partial charge in [0.2, 0.25) is 0 Å². The van der Waals surface area contributed by atoms with E-state index < -0.39 is 11.7 Å². The van der Waals surface area contributed by atoms with Crippen molar-refractivity contribution in [2.45, 2.75) is 32.9 Å². The minimum absolute atomic E-state index is 0.399. The van der Waals surface area contributed by atoms with Crippen LogP contribution in [0.5, 0.6) is 0 Å². The Morgan fingerprint density at radius 1 is 1.15 bits per heavy atom. The number of hydrogen-bond acceptors (Lipinski definition) is 2. The van der Waals surface area contributed by atoms with Crippen LogP contribution >= 0.6 is 15.9 Å². The fourth-order valence-electron chi connectivity index (χ4n) is 1.97. The lowest BCUT2D eigenvalue weighted by molar-refractivity contribution is 0.0524. The van der Waals surface area contributed by atoms with E-state index in [4.69, 9.17) is 4.74 Å². The third-order valence-electron chi connectivity index (χ3n) is 2.78. The first-order valence-electron chi connectivity index (χ1n) is 6.50. The van der Waals surface area contributed by atoms with Crippen LogP contribution in [0.1, 0.15) is 26.3 Å². The maximum Gasteiger partial charge on any atom is 0.407 e. The van der Waals surface area contributed by atoms with Crippen molar-refractivity contribution in [2.75, 3.05) is 0 Å². The van der Waals surface area contributed by atoms with Crippen LogP contribution < -0.4 is 5.32 Å². The summed E-state index contributed by atoms with van der Waals surface area (Å²) in [6, 6.07) is 12.1. The van der Waals surface area contributed by atoms with Crippen LogP contribution in [0.2, 0.25) is 0 Å². The number of carbonyl (C=O) groups is 1. The molecular formula is C16H18BrNO2. The first-order valence-corrected chi connectivity index (χ1v) is 7.29. The largest absolute Gasteiger partial charge is 0.444 e. The summed E-state index contributed by atoms with van der Waals surface area (Å²) in [6.45, 7) is 5.99. The van der Waals surface area contributed by atoms with E-state index in [9.17, 15) is 4.79 Å². The summed E-state index contributed by atoms with van der Waals surface area (Å²) in [7, 11) is 0. The number of carbonyl (C=O) groups excluding carboxylic acids is 1. The number of ether oxygens (including phenoxy) is 1. The molecule has 1 amide bonds. The average Bonchev–Trinajstić information content (AvgIpc) is 2.35. The van der Waals surface area contributed by atoms with E-state index in [0.29, 0.717) is 6.54 Å². The molecule has 0 bridgehead atoms. The van der Waals surface area contributed by atoms with E-state index >= 15 is 0 Å². The lowest BCUT2D eigenvalue weighted by atomic mass is 10.0. The van der Waals surface area contributed by atoms with Crippen molar-refractivity contribution in [3.05, 3.63) is 46.4 Å². The predicted octanol–water partition coefficient (Wildman–Crippen LogP) is 4.63. The Labute approximate surface area is 127 Å². The van der Waals surface area contributed by atoms with Gasteiger partial charge in [0, 0.05) is 11.0 Å². The van der Waals surface area contributed by atoms with Gasteiger partial charge in [0.05, 0.1) is 0 Å². The van der Waals surface area contributed by atoms with Gasteiger partial charge in [-0.1, -0.05) is 46.3 Å². The van der Waals surface area contributed by atoms with Gasteiger partial charge in [-0.25, -0.2) is 4.79 Å². The van der Waals surface area contributed by atoms with Crippen LogP contribution in [-0.4, -0.2) is 11.7 Å². The highest BCUT2D eigenvalue weighted by molar-refractivity contribution is 9.10. The third-order valence-corrected chi connectivity index (χ3v) is 3.47. The normalized spacial score (nSPS) is 11.4. The second kappa shape index (κ2) is 5.83. The maximum atomic E-state index is 11.7. The lowest BCUT2D eigenvalue weighted by Gasteiger charge is -2.20. The smallest absolute Gasteiger partial charge is 0.407 e. The van der Waals surface area contributed by atoms with Gasteiger partial charge in [0.1, 0.15) is 5.60 Å². The van der Waals surface area contributed by atoms with E-state index in [1.807, 2.05) is 51.1 Å². The molecule has 0 spiro atoms. The number of rotatable bonds is 2. The topological polar surface area (TPSA) is 38.3 Å². The number of hydrogen-bond donors (Lipinski definition) is 1. The van der Waals surface area contributed by atoms with Gasteiger partial charge in [0.25, 0.3) is 0 Å². The van der Waals surface area contributed by atoms with Gasteiger partial charge in [-0.2, -0.15) is 0 Å².